The van der Waals surface area contributed by atoms with E-state index in [2.05, 4.69) is 28.6 Å². The standard InChI is InChI=1S/C12H19N3/c1-10-5-7-14-12(8-10)15-9-11-4-2-3-6-13-11/h5,7-8,11,13H,2-4,6,9H2,1H3,(H,14,15)/t11-/m0/s1. The summed E-state index contributed by atoms with van der Waals surface area (Å²) in [5.74, 6) is 0.988. The minimum absolute atomic E-state index is 0.612. The molecule has 1 aliphatic rings. The minimum atomic E-state index is 0.612. The van der Waals surface area contributed by atoms with Crippen LogP contribution in [0.3, 0.4) is 0 Å². The summed E-state index contributed by atoms with van der Waals surface area (Å²) in [6, 6.07) is 4.72. The number of nitrogens with zero attached hydrogens (tertiary/aromatic N) is 1. The lowest BCUT2D eigenvalue weighted by atomic mass is 10.1. The minimum Gasteiger partial charge on any atom is -0.369 e. The van der Waals surface area contributed by atoms with E-state index in [1.807, 2.05) is 12.3 Å². The van der Waals surface area contributed by atoms with Gasteiger partial charge in [0.05, 0.1) is 0 Å². The lowest BCUT2D eigenvalue weighted by molar-refractivity contribution is 0.414. The number of rotatable bonds is 3. The number of hydrogen-bond donors (Lipinski definition) is 2. The third-order valence-electron chi connectivity index (χ3n) is 2.86. The Morgan fingerprint density at radius 2 is 2.47 bits per heavy atom. The van der Waals surface area contributed by atoms with Gasteiger partial charge in [-0.2, -0.15) is 0 Å². The summed E-state index contributed by atoms with van der Waals surface area (Å²) < 4.78 is 0. The maximum Gasteiger partial charge on any atom is 0.126 e. The number of piperidine rings is 1. The maximum atomic E-state index is 4.29. The molecule has 3 nitrogen and oxygen atoms in total. The van der Waals surface area contributed by atoms with E-state index in [1.54, 1.807) is 0 Å². The molecule has 0 bridgehead atoms. The molecule has 0 radical (unpaired) electrons. The van der Waals surface area contributed by atoms with Crippen LogP contribution in [0.25, 0.3) is 0 Å². The number of anilines is 1. The van der Waals surface area contributed by atoms with Crippen LogP contribution >= 0.6 is 0 Å². The molecular formula is C12H19N3. The molecule has 2 heterocycles. The first-order valence-electron chi connectivity index (χ1n) is 5.74. The molecule has 15 heavy (non-hydrogen) atoms. The van der Waals surface area contributed by atoms with Crippen molar-refractivity contribution in [2.24, 2.45) is 0 Å². The molecule has 1 saturated heterocycles. The molecular weight excluding hydrogens is 186 g/mol. The molecule has 0 saturated carbocycles. The summed E-state index contributed by atoms with van der Waals surface area (Å²) in [7, 11) is 0. The molecule has 2 N–H and O–H groups in total. The van der Waals surface area contributed by atoms with Crippen molar-refractivity contribution < 1.29 is 0 Å². The molecule has 3 heteroatoms. The topological polar surface area (TPSA) is 37.0 Å². The van der Waals surface area contributed by atoms with Crippen molar-refractivity contribution in [3.8, 4) is 0 Å². The SMILES string of the molecule is Cc1ccnc(NC[C@@H]2CCCCN2)c1. The summed E-state index contributed by atoms with van der Waals surface area (Å²) in [6.45, 7) is 4.23. The molecule has 0 spiro atoms. The highest BCUT2D eigenvalue weighted by molar-refractivity contribution is 5.37. The first-order chi connectivity index (χ1) is 7.34. The summed E-state index contributed by atoms with van der Waals surface area (Å²) >= 11 is 0. The lowest BCUT2D eigenvalue weighted by Crippen LogP contribution is -2.39. The predicted octanol–water partition coefficient (Wildman–Crippen LogP) is 1.94. The fourth-order valence-electron chi connectivity index (χ4n) is 1.96. The Morgan fingerprint density at radius 3 is 3.20 bits per heavy atom. The van der Waals surface area contributed by atoms with Gasteiger partial charge in [0, 0.05) is 18.8 Å². The van der Waals surface area contributed by atoms with E-state index in [1.165, 1.54) is 24.8 Å². The highest BCUT2D eigenvalue weighted by Gasteiger charge is 2.11. The van der Waals surface area contributed by atoms with Gasteiger partial charge in [0.15, 0.2) is 0 Å². The van der Waals surface area contributed by atoms with Crippen molar-refractivity contribution in [3.05, 3.63) is 23.9 Å². The number of nitrogens with one attached hydrogen (secondary N) is 2. The molecule has 0 amide bonds. The average molecular weight is 205 g/mol. The molecule has 1 atom stereocenters. The van der Waals surface area contributed by atoms with Gasteiger partial charge in [0.1, 0.15) is 5.82 Å². The Morgan fingerprint density at radius 1 is 1.53 bits per heavy atom. The molecule has 0 unspecified atom stereocenters. The van der Waals surface area contributed by atoms with Gasteiger partial charge in [-0.1, -0.05) is 6.42 Å². The van der Waals surface area contributed by atoms with Crippen LogP contribution < -0.4 is 10.6 Å². The van der Waals surface area contributed by atoms with Crippen LogP contribution in [0.4, 0.5) is 5.82 Å². The van der Waals surface area contributed by atoms with E-state index in [9.17, 15) is 0 Å². The fraction of sp³-hybridized carbons (Fsp3) is 0.583. The lowest BCUT2D eigenvalue weighted by Gasteiger charge is -2.23. The van der Waals surface area contributed by atoms with Crippen molar-refractivity contribution >= 4 is 5.82 Å². The van der Waals surface area contributed by atoms with Crippen LogP contribution in [0, 0.1) is 6.92 Å². The Bertz CT molecular complexity index is 305. The van der Waals surface area contributed by atoms with Crippen molar-refractivity contribution in [1.82, 2.24) is 10.3 Å². The third-order valence-corrected chi connectivity index (χ3v) is 2.86. The predicted molar refractivity (Wildman–Crippen MR) is 63.1 cm³/mol. The van der Waals surface area contributed by atoms with Gasteiger partial charge in [-0.15, -0.1) is 0 Å². The van der Waals surface area contributed by atoms with Crippen molar-refractivity contribution in [2.75, 3.05) is 18.4 Å². The van der Waals surface area contributed by atoms with Crippen molar-refractivity contribution in [1.29, 1.82) is 0 Å². The molecule has 1 aromatic heterocycles. The molecule has 1 fully saturated rings. The highest BCUT2D eigenvalue weighted by atomic mass is 15.0. The zero-order chi connectivity index (χ0) is 10.5. The number of aromatic nitrogens is 1. The van der Waals surface area contributed by atoms with Crippen LogP contribution in [0.2, 0.25) is 0 Å². The van der Waals surface area contributed by atoms with Crippen molar-refractivity contribution in [2.45, 2.75) is 32.2 Å². The highest BCUT2D eigenvalue weighted by Crippen LogP contribution is 2.09. The zero-order valence-electron chi connectivity index (χ0n) is 9.29. The summed E-state index contributed by atoms with van der Waals surface area (Å²) in [5.41, 5.74) is 1.25. The Hall–Kier alpha value is -1.09. The van der Waals surface area contributed by atoms with Gasteiger partial charge in [0.25, 0.3) is 0 Å². The first kappa shape index (κ1) is 10.4. The van der Waals surface area contributed by atoms with Crippen LogP contribution in [0.1, 0.15) is 24.8 Å². The molecule has 0 aromatic carbocycles. The number of aryl methyl sites for hydroxylation is 1. The van der Waals surface area contributed by atoms with E-state index in [0.717, 1.165) is 18.9 Å². The average Bonchev–Trinajstić information content (AvgIpc) is 2.28. The number of hydrogen-bond acceptors (Lipinski definition) is 3. The quantitative estimate of drug-likeness (QED) is 0.792. The molecule has 82 valence electrons. The van der Waals surface area contributed by atoms with Gasteiger partial charge in [0.2, 0.25) is 0 Å². The Labute approximate surface area is 91.3 Å². The monoisotopic (exact) mass is 205 g/mol. The van der Waals surface area contributed by atoms with Crippen LogP contribution in [0.15, 0.2) is 18.3 Å². The fourth-order valence-corrected chi connectivity index (χ4v) is 1.96. The smallest absolute Gasteiger partial charge is 0.126 e. The van der Waals surface area contributed by atoms with E-state index in [-0.39, 0.29) is 0 Å². The largest absolute Gasteiger partial charge is 0.369 e. The molecule has 1 aromatic rings. The van der Waals surface area contributed by atoms with Gasteiger partial charge in [-0.25, -0.2) is 4.98 Å². The zero-order valence-corrected chi connectivity index (χ0v) is 9.29. The first-order valence-corrected chi connectivity index (χ1v) is 5.74. The molecule has 0 aliphatic carbocycles. The number of pyridine rings is 1. The molecule has 1 aliphatic heterocycles. The second-order valence-electron chi connectivity index (χ2n) is 4.25. The second kappa shape index (κ2) is 5.12. The summed E-state index contributed by atoms with van der Waals surface area (Å²) in [5, 5.41) is 6.90. The van der Waals surface area contributed by atoms with Crippen molar-refractivity contribution in [3.63, 3.8) is 0 Å². The summed E-state index contributed by atoms with van der Waals surface area (Å²) in [6.07, 6.45) is 5.80. The van der Waals surface area contributed by atoms with Gasteiger partial charge >= 0.3 is 0 Å². The maximum absolute atomic E-state index is 4.29. The van der Waals surface area contributed by atoms with E-state index in [4.69, 9.17) is 0 Å². The van der Waals surface area contributed by atoms with Gasteiger partial charge in [-0.3, -0.25) is 0 Å². The third kappa shape index (κ3) is 3.20. The molecule has 2 rings (SSSR count). The van der Waals surface area contributed by atoms with Crippen LogP contribution in [-0.2, 0) is 0 Å². The van der Waals surface area contributed by atoms with Gasteiger partial charge < -0.3 is 10.6 Å². The van der Waals surface area contributed by atoms with Crippen LogP contribution in [-0.4, -0.2) is 24.1 Å². The normalized spacial score (nSPS) is 21.3. The van der Waals surface area contributed by atoms with E-state index in [0.29, 0.717) is 6.04 Å². The van der Waals surface area contributed by atoms with Crippen LogP contribution in [0.5, 0.6) is 0 Å². The second-order valence-corrected chi connectivity index (χ2v) is 4.25. The van der Waals surface area contributed by atoms with E-state index < -0.39 is 0 Å². The van der Waals surface area contributed by atoms with E-state index >= 15 is 0 Å². The Balaban J connectivity index is 1.81. The van der Waals surface area contributed by atoms with Gasteiger partial charge in [-0.05, 0) is 44.0 Å². The Kier molecular flexibility index (Phi) is 3.56. The summed E-state index contributed by atoms with van der Waals surface area (Å²) in [4.78, 5) is 4.29.